The van der Waals surface area contributed by atoms with Crippen molar-refractivity contribution in [2.24, 2.45) is 0 Å². The maximum absolute atomic E-state index is 10.8. The van der Waals surface area contributed by atoms with Crippen molar-refractivity contribution in [1.82, 2.24) is 14.7 Å². The smallest absolute Gasteiger partial charge is 0.254 e. The van der Waals surface area contributed by atoms with Gasteiger partial charge in [0.15, 0.2) is 5.82 Å². The molecule has 1 rings (SSSR count). The molecule has 0 saturated heterocycles. The lowest BCUT2D eigenvalue weighted by Gasteiger charge is -1.95. The van der Waals surface area contributed by atoms with Crippen LogP contribution in [-0.4, -0.2) is 24.1 Å². The van der Waals surface area contributed by atoms with Crippen LogP contribution in [0.5, 0.6) is 0 Å². The molecule has 0 aliphatic carbocycles. The van der Waals surface area contributed by atoms with Crippen molar-refractivity contribution in [2.75, 3.05) is 5.75 Å². The molecule has 5 nitrogen and oxygen atoms in total. The van der Waals surface area contributed by atoms with E-state index in [-0.39, 0.29) is 11.6 Å². The SMILES string of the molecule is CCS(=O)(=O)[N]c1c[nH]cn1. The third-order valence-electron chi connectivity index (χ3n) is 1.08. The van der Waals surface area contributed by atoms with Gasteiger partial charge in [0.1, 0.15) is 0 Å². The molecule has 0 fully saturated rings. The molecule has 0 aliphatic heterocycles. The summed E-state index contributed by atoms with van der Waals surface area (Å²) < 4.78 is 25.1. The molecule has 0 bridgehead atoms. The molecule has 1 aromatic rings. The first-order chi connectivity index (χ1) is 5.14. The van der Waals surface area contributed by atoms with Gasteiger partial charge in [-0.25, -0.2) is 13.4 Å². The summed E-state index contributed by atoms with van der Waals surface area (Å²) in [7, 11) is -3.30. The van der Waals surface area contributed by atoms with Gasteiger partial charge in [0.2, 0.25) is 0 Å². The minimum atomic E-state index is -3.30. The van der Waals surface area contributed by atoms with Crippen LogP contribution >= 0.6 is 0 Å². The Kier molecular flexibility index (Phi) is 2.13. The molecule has 11 heavy (non-hydrogen) atoms. The van der Waals surface area contributed by atoms with Crippen LogP contribution in [0.2, 0.25) is 0 Å². The largest absolute Gasteiger partial charge is 0.349 e. The number of imidazole rings is 1. The number of hydrogen-bond donors (Lipinski definition) is 1. The van der Waals surface area contributed by atoms with Crippen molar-refractivity contribution in [1.29, 1.82) is 0 Å². The van der Waals surface area contributed by atoms with Gasteiger partial charge in [0.05, 0.1) is 12.1 Å². The zero-order chi connectivity index (χ0) is 8.32. The van der Waals surface area contributed by atoms with Gasteiger partial charge in [-0.3, -0.25) is 0 Å². The Balaban J connectivity index is 2.72. The molecular formula is C5H8N3O2S. The predicted octanol–water partition coefficient (Wildman–Crippen LogP) is -0.00470. The van der Waals surface area contributed by atoms with E-state index in [1.165, 1.54) is 19.4 Å². The molecule has 1 heterocycles. The van der Waals surface area contributed by atoms with E-state index in [0.29, 0.717) is 0 Å². The van der Waals surface area contributed by atoms with Crippen molar-refractivity contribution in [3.8, 4) is 0 Å². The van der Waals surface area contributed by atoms with Gasteiger partial charge in [-0.05, 0) is 6.92 Å². The predicted molar refractivity (Wildman–Crippen MR) is 39.8 cm³/mol. The fraction of sp³-hybridized carbons (Fsp3) is 0.400. The van der Waals surface area contributed by atoms with Crippen LogP contribution in [0, 0.1) is 0 Å². The van der Waals surface area contributed by atoms with Gasteiger partial charge in [0, 0.05) is 6.20 Å². The van der Waals surface area contributed by atoms with Crippen LogP contribution in [0.4, 0.5) is 5.82 Å². The number of hydrogen-bond acceptors (Lipinski definition) is 3. The first-order valence-electron chi connectivity index (χ1n) is 3.08. The summed E-state index contributed by atoms with van der Waals surface area (Å²) in [4.78, 5) is 6.26. The van der Waals surface area contributed by atoms with Gasteiger partial charge in [-0.1, -0.05) is 0 Å². The van der Waals surface area contributed by atoms with Gasteiger partial charge in [0.25, 0.3) is 10.0 Å². The normalized spacial score (nSPS) is 11.4. The summed E-state index contributed by atoms with van der Waals surface area (Å²) in [5.74, 6) is 0.201. The second-order valence-electron chi connectivity index (χ2n) is 1.89. The molecule has 0 spiro atoms. The minimum Gasteiger partial charge on any atom is -0.349 e. The maximum Gasteiger partial charge on any atom is 0.254 e. The summed E-state index contributed by atoms with van der Waals surface area (Å²) in [6.07, 6.45) is 2.80. The summed E-state index contributed by atoms with van der Waals surface area (Å²) in [6.45, 7) is 1.53. The molecule has 0 saturated carbocycles. The Bertz CT molecular complexity index is 302. The Hall–Kier alpha value is -1.04. The highest BCUT2D eigenvalue weighted by molar-refractivity contribution is 7.89. The molecule has 1 radical (unpaired) electrons. The van der Waals surface area contributed by atoms with Gasteiger partial charge >= 0.3 is 0 Å². The van der Waals surface area contributed by atoms with E-state index in [2.05, 4.69) is 14.7 Å². The maximum atomic E-state index is 10.8. The Morgan fingerprint density at radius 2 is 2.45 bits per heavy atom. The molecule has 1 N–H and O–H groups in total. The number of rotatable bonds is 3. The van der Waals surface area contributed by atoms with Crippen LogP contribution in [0.3, 0.4) is 0 Å². The quantitative estimate of drug-likeness (QED) is 0.700. The second kappa shape index (κ2) is 2.91. The fourth-order valence-corrected chi connectivity index (χ4v) is 1.02. The Morgan fingerprint density at radius 1 is 1.73 bits per heavy atom. The highest BCUT2D eigenvalue weighted by Gasteiger charge is 2.09. The fourth-order valence-electron chi connectivity index (χ4n) is 0.509. The van der Waals surface area contributed by atoms with Crippen LogP contribution < -0.4 is 4.72 Å². The van der Waals surface area contributed by atoms with E-state index in [0.717, 1.165) is 0 Å². The summed E-state index contributed by atoms with van der Waals surface area (Å²) >= 11 is 0. The molecule has 0 amide bonds. The molecule has 61 valence electrons. The van der Waals surface area contributed by atoms with Crippen LogP contribution in [0.1, 0.15) is 6.92 Å². The van der Waals surface area contributed by atoms with Crippen molar-refractivity contribution in [2.45, 2.75) is 6.92 Å². The number of nitrogens with zero attached hydrogens (tertiary/aromatic N) is 2. The molecule has 0 aromatic carbocycles. The van der Waals surface area contributed by atoms with E-state index in [1.54, 1.807) is 0 Å². The van der Waals surface area contributed by atoms with Gasteiger partial charge < -0.3 is 4.98 Å². The van der Waals surface area contributed by atoms with Crippen molar-refractivity contribution in [3.63, 3.8) is 0 Å². The number of nitrogens with one attached hydrogen (secondary N) is 1. The molecule has 0 unspecified atom stereocenters. The van der Waals surface area contributed by atoms with Crippen molar-refractivity contribution in [3.05, 3.63) is 12.5 Å². The molecule has 0 aliphatic rings. The molecule has 1 aromatic heterocycles. The Labute approximate surface area is 64.9 Å². The third kappa shape index (κ3) is 2.23. The van der Waals surface area contributed by atoms with E-state index in [1.807, 2.05) is 0 Å². The van der Waals surface area contributed by atoms with E-state index >= 15 is 0 Å². The van der Waals surface area contributed by atoms with Crippen LogP contribution in [0.15, 0.2) is 12.5 Å². The van der Waals surface area contributed by atoms with E-state index in [9.17, 15) is 8.42 Å². The first kappa shape index (κ1) is 8.06. The lowest BCUT2D eigenvalue weighted by Crippen LogP contribution is -2.13. The van der Waals surface area contributed by atoms with E-state index < -0.39 is 10.0 Å². The molecule has 6 heteroatoms. The summed E-state index contributed by atoms with van der Waals surface area (Å²) in [5, 5.41) is 0. The third-order valence-corrected chi connectivity index (χ3v) is 2.28. The minimum absolute atomic E-state index is 0.000139. The number of aromatic nitrogens is 2. The van der Waals surface area contributed by atoms with Gasteiger partial charge in [-0.2, -0.15) is 0 Å². The highest BCUT2D eigenvalue weighted by Crippen LogP contribution is 2.01. The van der Waals surface area contributed by atoms with Crippen LogP contribution in [-0.2, 0) is 10.0 Å². The zero-order valence-corrected chi connectivity index (χ0v) is 6.80. The number of aromatic amines is 1. The first-order valence-corrected chi connectivity index (χ1v) is 4.69. The number of sulfonamides is 1. The summed E-state index contributed by atoms with van der Waals surface area (Å²) in [6, 6.07) is 0. The average molecular weight is 174 g/mol. The topological polar surface area (TPSA) is 76.9 Å². The second-order valence-corrected chi connectivity index (χ2v) is 3.81. The standard InChI is InChI=1S/C5H8N3O2S/c1-2-11(9,10)8-5-3-6-4-7-5/h3-4H,2H2,1H3,(H,6,7). The van der Waals surface area contributed by atoms with Crippen molar-refractivity contribution >= 4 is 15.8 Å². The number of H-pyrrole nitrogens is 1. The molecular weight excluding hydrogens is 166 g/mol. The lowest BCUT2D eigenvalue weighted by molar-refractivity contribution is 0.591. The van der Waals surface area contributed by atoms with E-state index in [4.69, 9.17) is 0 Å². The zero-order valence-electron chi connectivity index (χ0n) is 5.98. The lowest BCUT2D eigenvalue weighted by atomic mass is 10.8. The summed E-state index contributed by atoms with van der Waals surface area (Å²) in [5.41, 5.74) is 0. The van der Waals surface area contributed by atoms with Crippen LogP contribution in [0.25, 0.3) is 0 Å². The monoisotopic (exact) mass is 174 g/mol. The van der Waals surface area contributed by atoms with Crippen molar-refractivity contribution < 1.29 is 8.42 Å². The Morgan fingerprint density at radius 3 is 2.91 bits per heavy atom. The average Bonchev–Trinajstić information content (AvgIpc) is 2.39. The van der Waals surface area contributed by atoms with Gasteiger partial charge in [-0.15, -0.1) is 4.72 Å². The highest BCUT2D eigenvalue weighted by atomic mass is 32.2. The molecule has 0 atom stereocenters.